The predicted molar refractivity (Wildman–Crippen MR) is 108 cm³/mol. The van der Waals surface area contributed by atoms with Crippen molar-refractivity contribution in [2.45, 2.75) is 30.8 Å². The van der Waals surface area contributed by atoms with Gasteiger partial charge in [0, 0.05) is 25.4 Å². The van der Waals surface area contributed by atoms with Crippen LogP contribution < -0.4 is 10.1 Å². The average molecular weight is 403 g/mol. The number of likely N-dealkylation sites (N-methyl/N-ethyl adjacent to an activating group) is 1. The highest BCUT2D eigenvalue weighted by Crippen LogP contribution is 2.24. The van der Waals surface area contributed by atoms with Gasteiger partial charge in [-0.25, -0.2) is 8.42 Å². The third kappa shape index (κ3) is 4.36. The monoisotopic (exact) mass is 402 g/mol. The maximum Gasteiger partial charge on any atom is 0.255 e. The van der Waals surface area contributed by atoms with Crippen molar-refractivity contribution in [1.29, 1.82) is 0 Å². The summed E-state index contributed by atoms with van der Waals surface area (Å²) in [5.41, 5.74) is 2.86. The molecule has 1 aliphatic heterocycles. The van der Waals surface area contributed by atoms with Crippen LogP contribution in [0.15, 0.2) is 47.4 Å². The molecular formula is C21H26N2O4S. The van der Waals surface area contributed by atoms with E-state index in [2.05, 4.69) is 35.3 Å². The summed E-state index contributed by atoms with van der Waals surface area (Å²) in [6, 6.07) is 12.9. The molecule has 1 N–H and O–H groups in total. The average Bonchev–Trinajstić information content (AvgIpc) is 2.69. The number of nitrogens with one attached hydrogen (secondary N) is 1. The molecule has 0 aliphatic carbocycles. The molecule has 1 atom stereocenters. The zero-order valence-corrected chi connectivity index (χ0v) is 17.3. The topological polar surface area (TPSA) is 75.7 Å². The molecule has 6 nitrogen and oxygen atoms in total. The van der Waals surface area contributed by atoms with Gasteiger partial charge in [-0.3, -0.25) is 9.69 Å². The number of benzene rings is 2. The Morgan fingerprint density at radius 1 is 1.21 bits per heavy atom. The molecule has 1 amide bonds. The van der Waals surface area contributed by atoms with Gasteiger partial charge in [-0.1, -0.05) is 31.2 Å². The van der Waals surface area contributed by atoms with Crippen molar-refractivity contribution in [3.63, 3.8) is 0 Å². The molecule has 7 heteroatoms. The zero-order valence-electron chi connectivity index (χ0n) is 16.4. The van der Waals surface area contributed by atoms with Gasteiger partial charge in [-0.15, -0.1) is 0 Å². The molecule has 0 bridgehead atoms. The van der Waals surface area contributed by atoms with Crippen LogP contribution in [-0.4, -0.2) is 51.7 Å². The SMILES string of the molecule is CCN1Cc2ccccc2C[C@H]1CNC(=O)c1cc(S(C)(=O)=O)ccc1OC. The Morgan fingerprint density at radius 2 is 1.93 bits per heavy atom. The lowest BCUT2D eigenvalue weighted by molar-refractivity contribution is 0.0924. The fourth-order valence-electron chi connectivity index (χ4n) is 3.61. The zero-order chi connectivity index (χ0) is 20.3. The van der Waals surface area contributed by atoms with Gasteiger partial charge in [-0.05, 0) is 42.3 Å². The summed E-state index contributed by atoms with van der Waals surface area (Å²) in [4.78, 5) is 15.2. The second-order valence-electron chi connectivity index (χ2n) is 7.03. The number of fused-ring (bicyclic) bond motifs is 1. The van der Waals surface area contributed by atoms with Gasteiger partial charge < -0.3 is 10.1 Å². The Balaban J connectivity index is 1.77. The van der Waals surface area contributed by atoms with E-state index in [1.54, 1.807) is 0 Å². The maximum absolute atomic E-state index is 12.8. The Bertz CT molecular complexity index is 972. The minimum atomic E-state index is -3.41. The summed E-state index contributed by atoms with van der Waals surface area (Å²) in [6.45, 7) is 4.34. The number of carbonyl (C=O) groups is 1. The van der Waals surface area contributed by atoms with Gasteiger partial charge >= 0.3 is 0 Å². The Kier molecular flexibility index (Phi) is 6.05. The first kappa shape index (κ1) is 20.4. The van der Waals surface area contributed by atoms with Crippen LogP contribution in [0.1, 0.15) is 28.4 Å². The fourth-order valence-corrected chi connectivity index (χ4v) is 4.26. The Morgan fingerprint density at radius 3 is 2.57 bits per heavy atom. The Hall–Kier alpha value is -2.38. The van der Waals surface area contributed by atoms with E-state index in [1.807, 2.05) is 6.07 Å². The van der Waals surface area contributed by atoms with E-state index < -0.39 is 9.84 Å². The number of carbonyl (C=O) groups excluding carboxylic acids is 1. The van der Waals surface area contributed by atoms with Crippen molar-refractivity contribution in [2.75, 3.05) is 26.5 Å². The standard InChI is InChI=1S/C21H26N2O4S/c1-4-23-14-16-8-6-5-7-15(16)11-17(23)13-22-21(24)19-12-18(28(3,25)26)9-10-20(19)27-2/h5-10,12,17H,4,11,13-14H2,1-3H3,(H,22,24)/t17-/m0/s1. The fraction of sp³-hybridized carbons (Fsp3) is 0.381. The number of hydrogen-bond donors (Lipinski definition) is 1. The van der Waals surface area contributed by atoms with Crippen LogP contribution in [0.4, 0.5) is 0 Å². The highest BCUT2D eigenvalue weighted by Gasteiger charge is 2.26. The number of nitrogens with zero attached hydrogens (tertiary/aromatic N) is 1. The van der Waals surface area contributed by atoms with Crippen LogP contribution in [0.2, 0.25) is 0 Å². The van der Waals surface area contributed by atoms with E-state index in [0.29, 0.717) is 12.3 Å². The third-order valence-electron chi connectivity index (χ3n) is 5.21. The number of sulfone groups is 1. The maximum atomic E-state index is 12.8. The first-order valence-electron chi connectivity index (χ1n) is 9.30. The van der Waals surface area contributed by atoms with E-state index in [4.69, 9.17) is 4.74 Å². The Labute approximate surface area is 166 Å². The van der Waals surface area contributed by atoms with Crippen LogP contribution in [0, 0.1) is 0 Å². The second kappa shape index (κ2) is 8.32. The second-order valence-corrected chi connectivity index (χ2v) is 9.05. The van der Waals surface area contributed by atoms with E-state index in [1.165, 1.54) is 36.4 Å². The molecule has 0 spiro atoms. The normalized spacial score (nSPS) is 17.0. The molecule has 0 fully saturated rings. The van der Waals surface area contributed by atoms with Crippen molar-refractivity contribution in [1.82, 2.24) is 10.2 Å². The quantitative estimate of drug-likeness (QED) is 0.802. The van der Waals surface area contributed by atoms with Crippen molar-refractivity contribution in [2.24, 2.45) is 0 Å². The summed E-state index contributed by atoms with van der Waals surface area (Å²) < 4.78 is 28.9. The molecule has 0 saturated carbocycles. The minimum Gasteiger partial charge on any atom is -0.496 e. The molecule has 28 heavy (non-hydrogen) atoms. The molecule has 1 heterocycles. The van der Waals surface area contributed by atoms with Gasteiger partial charge in [-0.2, -0.15) is 0 Å². The van der Waals surface area contributed by atoms with Crippen LogP contribution in [-0.2, 0) is 22.8 Å². The molecule has 0 aromatic heterocycles. The van der Waals surface area contributed by atoms with Crippen molar-refractivity contribution < 1.29 is 17.9 Å². The van der Waals surface area contributed by atoms with Crippen molar-refractivity contribution in [3.8, 4) is 5.75 Å². The van der Waals surface area contributed by atoms with Gasteiger partial charge in [0.1, 0.15) is 5.75 Å². The lowest BCUT2D eigenvalue weighted by Gasteiger charge is -2.36. The van der Waals surface area contributed by atoms with Gasteiger partial charge in [0.05, 0.1) is 17.6 Å². The number of rotatable bonds is 6. The van der Waals surface area contributed by atoms with E-state index in [0.717, 1.165) is 25.8 Å². The largest absolute Gasteiger partial charge is 0.496 e. The summed E-state index contributed by atoms with van der Waals surface area (Å²) in [7, 11) is -1.95. The van der Waals surface area contributed by atoms with Gasteiger partial charge in [0.15, 0.2) is 9.84 Å². The van der Waals surface area contributed by atoms with Crippen LogP contribution in [0.5, 0.6) is 5.75 Å². The molecule has 0 radical (unpaired) electrons. The van der Waals surface area contributed by atoms with Crippen LogP contribution >= 0.6 is 0 Å². The summed E-state index contributed by atoms with van der Waals surface area (Å²) in [6.07, 6.45) is 1.99. The van der Waals surface area contributed by atoms with E-state index >= 15 is 0 Å². The highest BCUT2D eigenvalue weighted by atomic mass is 32.2. The van der Waals surface area contributed by atoms with E-state index in [-0.39, 0.29) is 22.4 Å². The lowest BCUT2D eigenvalue weighted by atomic mass is 9.94. The van der Waals surface area contributed by atoms with Gasteiger partial charge in [0.2, 0.25) is 0 Å². The molecule has 1 aliphatic rings. The molecule has 2 aromatic rings. The van der Waals surface area contributed by atoms with E-state index in [9.17, 15) is 13.2 Å². The number of methoxy groups -OCH3 is 1. The summed E-state index contributed by atoms with van der Waals surface area (Å²) in [5, 5.41) is 2.96. The molecule has 3 rings (SSSR count). The van der Waals surface area contributed by atoms with Crippen molar-refractivity contribution in [3.05, 3.63) is 59.2 Å². The molecule has 2 aromatic carbocycles. The predicted octanol–water partition coefficient (Wildman–Crippen LogP) is 2.28. The van der Waals surface area contributed by atoms with Gasteiger partial charge in [0.25, 0.3) is 5.91 Å². The molecular weight excluding hydrogens is 376 g/mol. The molecule has 0 saturated heterocycles. The smallest absolute Gasteiger partial charge is 0.255 e. The number of amides is 1. The number of hydrogen-bond acceptors (Lipinski definition) is 5. The van der Waals surface area contributed by atoms with Crippen LogP contribution in [0.3, 0.4) is 0 Å². The minimum absolute atomic E-state index is 0.0974. The summed E-state index contributed by atoms with van der Waals surface area (Å²) >= 11 is 0. The highest BCUT2D eigenvalue weighted by molar-refractivity contribution is 7.90. The summed E-state index contributed by atoms with van der Waals surface area (Å²) in [5.74, 6) is 0.0171. The third-order valence-corrected chi connectivity index (χ3v) is 6.32. The number of ether oxygens (including phenoxy) is 1. The molecule has 150 valence electrons. The first-order chi connectivity index (χ1) is 13.3. The lowest BCUT2D eigenvalue weighted by Crippen LogP contribution is -2.47. The molecule has 0 unspecified atom stereocenters. The first-order valence-corrected chi connectivity index (χ1v) is 11.2. The van der Waals surface area contributed by atoms with Crippen LogP contribution in [0.25, 0.3) is 0 Å². The van der Waals surface area contributed by atoms with Crippen molar-refractivity contribution >= 4 is 15.7 Å².